The zero-order valence-corrected chi connectivity index (χ0v) is 15.7. The first-order valence-electron chi connectivity index (χ1n) is 8.14. The number of benzene rings is 2. The molecule has 0 aliphatic heterocycles. The van der Waals surface area contributed by atoms with Gasteiger partial charge in [0.15, 0.2) is 0 Å². The SMILES string of the molecule is COc1ccc(S(=O)(=O)n2cc(CCC(=O)[O-])c3cc(OC)ccc32)cc1. The van der Waals surface area contributed by atoms with Crippen LogP contribution in [0.3, 0.4) is 0 Å². The van der Waals surface area contributed by atoms with E-state index in [1.807, 2.05) is 0 Å². The van der Waals surface area contributed by atoms with E-state index in [0.29, 0.717) is 28.0 Å². The number of carboxylic acids is 1. The Bertz CT molecular complexity index is 1080. The molecular weight excluding hydrogens is 370 g/mol. The molecule has 0 fully saturated rings. The first kappa shape index (κ1) is 18.8. The lowest BCUT2D eigenvalue weighted by Crippen LogP contribution is -2.22. The molecule has 1 aromatic heterocycles. The third-order valence-electron chi connectivity index (χ3n) is 4.27. The van der Waals surface area contributed by atoms with Crippen molar-refractivity contribution in [2.45, 2.75) is 17.7 Å². The standard InChI is InChI=1S/C19H19NO6S/c1-25-14-4-7-16(8-5-14)27(23,24)20-12-13(3-10-19(21)22)17-11-15(26-2)6-9-18(17)20/h4-9,11-12H,3,10H2,1-2H3,(H,21,22)/p-1. The molecule has 1 heterocycles. The number of hydrogen-bond acceptors (Lipinski definition) is 6. The van der Waals surface area contributed by atoms with E-state index in [2.05, 4.69) is 0 Å². The van der Waals surface area contributed by atoms with Gasteiger partial charge in [-0.15, -0.1) is 0 Å². The van der Waals surface area contributed by atoms with Gasteiger partial charge in [0, 0.05) is 17.6 Å². The maximum absolute atomic E-state index is 13.1. The Kier molecular flexibility index (Phi) is 5.09. The first-order valence-corrected chi connectivity index (χ1v) is 9.58. The van der Waals surface area contributed by atoms with Crippen molar-refractivity contribution in [3.05, 3.63) is 54.2 Å². The molecule has 0 radical (unpaired) electrons. The van der Waals surface area contributed by atoms with Crippen molar-refractivity contribution < 1.29 is 27.8 Å². The summed E-state index contributed by atoms with van der Waals surface area (Å²) < 4.78 is 37.7. The summed E-state index contributed by atoms with van der Waals surface area (Å²) >= 11 is 0. The second-order valence-electron chi connectivity index (χ2n) is 5.89. The Balaban J connectivity index is 2.15. The summed E-state index contributed by atoms with van der Waals surface area (Å²) in [6.07, 6.45) is 1.39. The number of carbonyl (C=O) groups is 1. The van der Waals surface area contributed by atoms with Crippen LogP contribution in [0.2, 0.25) is 0 Å². The van der Waals surface area contributed by atoms with Crippen LogP contribution >= 0.6 is 0 Å². The first-order chi connectivity index (χ1) is 12.9. The van der Waals surface area contributed by atoms with Crippen molar-refractivity contribution >= 4 is 26.9 Å². The number of ether oxygens (including phenoxy) is 2. The van der Waals surface area contributed by atoms with Gasteiger partial charge in [0.05, 0.1) is 24.6 Å². The zero-order chi connectivity index (χ0) is 19.6. The van der Waals surface area contributed by atoms with Gasteiger partial charge in [0.25, 0.3) is 10.0 Å². The molecule has 0 spiro atoms. The lowest BCUT2D eigenvalue weighted by atomic mass is 10.1. The summed E-state index contributed by atoms with van der Waals surface area (Å²) in [6, 6.07) is 11.1. The largest absolute Gasteiger partial charge is 0.550 e. The average Bonchev–Trinajstić information content (AvgIpc) is 3.05. The van der Waals surface area contributed by atoms with Crippen LogP contribution in [0.4, 0.5) is 0 Å². The van der Waals surface area contributed by atoms with Crippen molar-refractivity contribution in [1.82, 2.24) is 3.97 Å². The number of carboxylic acid groups (broad SMARTS) is 1. The molecule has 0 N–H and O–H groups in total. The number of methoxy groups -OCH3 is 2. The molecule has 3 rings (SSSR count). The Morgan fingerprint density at radius 1 is 1.04 bits per heavy atom. The number of aryl methyl sites for hydroxylation is 1. The van der Waals surface area contributed by atoms with Crippen LogP contribution < -0.4 is 14.6 Å². The second kappa shape index (κ2) is 7.32. The molecule has 0 atom stereocenters. The monoisotopic (exact) mass is 388 g/mol. The highest BCUT2D eigenvalue weighted by atomic mass is 32.2. The van der Waals surface area contributed by atoms with Gasteiger partial charge < -0.3 is 19.4 Å². The average molecular weight is 388 g/mol. The number of nitrogens with zero attached hydrogens (tertiary/aromatic N) is 1. The normalized spacial score (nSPS) is 11.5. The van der Waals surface area contributed by atoms with Crippen molar-refractivity contribution in [1.29, 1.82) is 0 Å². The van der Waals surface area contributed by atoms with Gasteiger partial charge in [0.2, 0.25) is 0 Å². The van der Waals surface area contributed by atoms with Crippen molar-refractivity contribution in [2.24, 2.45) is 0 Å². The van der Waals surface area contributed by atoms with Crippen LogP contribution in [-0.4, -0.2) is 32.6 Å². The Labute approximate surface area is 156 Å². The highest BCUT2D eigenvalue weighted by Crippen LogP contribution is 2.30. The van der Waals surface area contributed by atoms with E-state index in [9.17, 15) is 18.3 Å². The lowest BCUT2D eigenvalue weighted by molar-refractivity contribution is -0.305. The summed E-state index contributed by atoms with van der Waals surface area (Å²) in [4.78, 5) is 10.9. The summed E-state index contributed by atoms with van der Waals surface area (Å²) in [5, 5.41) is 11.5. The summed E-state index contributed by atoms with van der Waals surface area (Å²) in [5.41, 5.74) is 1.03. The maximum Gasteiger partial charge on any atom is 0.268 e. The van der Waals surface area contributed by atoms with Gasteiger partial charge in [-0.05, 0) is 60.9 Å². The highest BCUT2D eigenvalue weighted by molar-refractivity contribution is 7.90. The maximum atomic E-state index is 13.1. The Morgan fingerprint density at radius 3 is 2.26 bits per heavy atom. The summed E-state index contributed by atoms with van der Waals surface area (Å²) in [7, 11) is -0.864. The van der Waals surface area contributed by atoms with Gasteiger partial charge >= 0.3 is 0 Å². The second-order valence-corrected chi connectivity index (χ2v) is 7.70. The molecule has 142 valence electrons. The van der Waals surface area contributed by atoms with Crippen molar-refractivity contribution in [3.63, 3.8) is 0 Å². The topological polar surface area (TPSA) is 97.7 Å². The number of aromatic nitrogens is 1. The van der Waals surface area contributed by atoms with E-state index < -0.39 is 16.0 Å². The fourth-order valence-electron chi connectivity index (χ4n) is 2.87. The number of fused-ring (bicyclic) bond motifs is 1. The number of hydrogen-bond donors (Lipinski definition) is 0. The van der Waals surface area contributed by atoms with E-state index in [0.717, 1.165) is 3.97 Å². The van der Waals surface area contributed by atoms with Gasteiger partial charge in [-0.1, -0.05) is 0 Å². The van der Waals surface area contributed by atoms with Gasteiger partial charge in [-0.3, -0.25) is 0 Å². The quantitative estimate of drug-likeness (QED) is 0.609. The van der Waals surface area contributed by atoms with Crippen LogP contribution in [-0.2, 0) is 21.2 Å². The van der Waals surface area contributed by atoms with E-state index in [4.69, 9.17) is 9.47 Å². The molecule has 7 nitrogen and oxygen atoms in total. The van der Waals surface area contributed by atoms with Gasteiger partial charge in [-0.25, -0.2) is 12.4 Å². The number of rotatable bonds is 7. The fraction of sp³-hybridized carbons (Fsp3) is 0.211. The van der Waals surface area contributed by atoms with Crippen LogP contribution in [0.25, 0.3) is 10.9 Å². The molecule has 8 heteroatoms. The predicted octanol–water partition coefficient (Wildman–Crippen LogP) is 1.58. The molecule has 0 aliphatic rings. The molecule has 2 aromatic carbocycles. The summed E-state index contributed by atoms with van der Waals surface area (Å²) in [6.45, 7) is 0. The van der Waals surface area contributed by atoms with Gasteiger partial charge in [0.1, 0.15) is 11.5 Å². The molecule has 0 unspecified atom stereocenters. The minimum absolute atomic E-state index is 0.0995. The Morgan fingerprint density at radius 2 is 1.67 bits per heavy atom. The van der Waals surface area contributed by atoms with E-state index >= 15 is 0 Å². The molecular formula is C19H18NO6S-. The fourth-order valence-corrected chi connectivity index (χ4v) is 4.26. The zero-order valence-electron chi connectivity index (χ0n) is 14.8. The van der Waals surface area contributed by atoms with E-state index in [1.165, 1.54) is 32.5 Å². The third-order valence-corrected chi connectivity index (χ3v) is 5.96. The molecule has 27 heavy (non-hydrogen) atoms. The van der Waals surface area contributed by atoms with E-state index in [1.54, 1.807) is 30.3 Å². The lowest BCUT2D eigenvalue weighted by Gasteiger charge is -2.09. The molecule has 3 aromatic rings. The highest BCUT2D eigenvalue weighted by Gasteiger charge is 2.21. The molecule has 0 aliphatic carbocycles. The molecule has 0 saturated heterocycles. The van der Waals surface area contributed by atoms with Crippen molar-refractivity contribution in [3.8, 4) is 11.5 Å². The minimum atomic E-state index is -3.87. The predicted molar refractivity (Wildman–Crippen MR) is 97.4 cm³/mol. The third kappa shape index (κ3) is 3.61. The smallest absolute Gasteiger partial charge is 0.268 e. The van der Waals surface area contributed by atoms with Gasteiger partial charge in [-0.2, -0.15) is 0 Å². The number of aliphatic carboxylic acids is 1. The number of carbonyl (C=O) groups excluding carboxylic acids is 1. The van der Waals surface area contributed by atoms with Crippen molar-refractivity contribution in [2.75, 3.05) is 14.2 Å². The van der Waals surface area contributed by atoms with Crippen LogP contribution in [0.1, 0.15) is 12.0 Å². The van der Waals surface area contributed by atoms with Crippen LogP contribution in [0.15, 0.2) is 53.6 Å². The van der Waals surface area contributed by atoms with Crippen LogP contribution in [0.5, 0.6) is 11.5 Å². The molecule has 0 amide bonds. The molecule has 0 bridgehead atoms. The Hall–Kier alpha value is -3.00. The van der Waals surface area contributed by atoms with Crippen LogP contribution in [0, 0.1) is 0 Å². The summed E-state index contributed by atoms with van der Waals surface area (Å²) in [5.74, 6) is -0.0979. The minimum Gasteiger partial charge on any atom is -0.550 e. The van der Waals surface area contributed by atoms with E-state index in [-0.39, 0.29) is 17.7 Å². The molecule has 0 saturated carbocycles.